The van der Waals surface area contributed by atoms with Crippen molar-refractivity contribution in [3.8, 4) is 0 Å². The number of amides is 1. The summed E-state index contributed by atoms with van der Waals surface area (Å²) in [7, 11) is 1.95. The van der Waals surface area contributed by atoms with E-state index in [0.29, 0.717) is 6.04 Å². The van der Waals surface area contributed by atoms with Gasteiger partial charge in [-0.2, -0.15) is 0 Å². The molecule has 0 radical (unpaired) electrons. The lowest BCUT2D eigenvalue weighted by Gasteiger charge is -2.31. The van der Waals surface area contributed by atoms with E-state index in [1.165, 1.54) is 24.8 Å². The van der Waals surface area contributed by atoms with Gasteiger partial charge in [0.1, 0.15) is 0 Å². The summed E-state index contributed by atoms with van der Waals surface area (Å²) in [6, 6.07) is 6.41. The number of benzene rings is 1. The van der Waals surface area contributed by atoms with Crippen molar-refractivity contribution in [3.05, 3.63) is 32.9 Å². The lowest BCUT2D eigenvalue weighted by atomic mass is 9.94. The van der Waals surface area contributed by atoms with Gasteiger partial charge >= 0.3 is 0 Å². The molecule has 0 N–H and O–H groups in total. The van der Waals surface area contributed by atoms with Gasteiger partial charge in [-0.05, 0) is 60.1 Å². The van der Waals surface area contributed by atoms with Crippen LogP contribution in [-0.2, 0) is 0 Å². The SMILES string of the molecule is Cc1ccc(C(=O)N(C)C2CCCCC2)cc1I. The van der Waals surface area contributed by atoms with E-state index < -0.39 is 0 Å². The minimum Gasteiger partial charge on any atom is -0.339 e. The van der Waals surface area contributed by atoms with Gasteiger partial charge in [-0.3, -0.25) is 4.79 Å². The standard InChI is InChI=1S/C15H20INO/c1-11-8-9-12(10-14(11)16)15(18)17(2)13-6-4-3-5-7-13/h8-10,13H,3-7H2,1-2H3. The third-order valence-corrected chi connectivity index (χ3v) is 5.02. The van der Waals surface area contributed by atoms with Crippen molar-refractivity contribution < 1.29 is 4.79 Å². The first-order valence-electron chi connectivity index (χ1n) is 6.63. The summed E-state index contributed by atoms with van der Waals surface area (Å²) in [5.41, 5.74) is 2.05. The van der Waals surface area contributed by atoms with Gasteiger partial charge in [-0.15, -0.1) is 0 Å². The number of rotatable bonds is 2. The molecule has 0 atom stereocenters. The number of halogens is 1. The van der Waals surface area contributed by atoms with Crippen LogP contribution in [0.3, 0.4) is 0 Å². The second kappa shape index (κ2) is 6.04. The zero-order chi connectivity index (χ0) is 13.1. The van der Waals surface area contributed by atoms with Crippen LogP contribution in [0.5, 0.6) is 0 Å². The Labute approximate surface area is 123 Å². The van der Waals surface area contributed by atoms with E-state index in [9.17, 15) is 4.79 Å². The molecule has 0 heterocycles. The van der Waals surface area contributed by atoms with Crippen LogP contribution >= 0.6 is 22.6 Å². The number of aryl methyl sites for hydroxylation is 1. The molecule has 0 spiro atoms. The monoisotopic (exact) mass is 357 g/mol. The zero-order valence-corrected chi connectivity index (χ0v) is 13.2. The van der Waals surface area contributed by atoms with Gasteiger partial charge in [0, 0.05) is 22.2 Å². The summed E-state index contributed by atoms with van der Waals surface area (Å²) < 4.78 is 1.16. The lowest BCUT2D eigenvalue weighted by Crippen LogP contribution is -2.38. The highest BCUT2D eigenvalue weighted by molar-refractivity contribution is 14.1. The van der Waals surface area contributed by atoms with Crippen LogP contribution in [0, 0.1) is 10.5 Å². The molecule has 98 valence electrons. The van der Waals surface area contributed by atoms with Gasteiger partial charge in [0.2, 0.25) is 0 Å². The zero-order valence-electron chi connectivity index (χ0n) is 11.1. The summed E-state index contributed by atoms with van der Waals surface area (Å²) >= 11 is 2.29. The van der Waals surface area contributed by atoms with E-state index in [4.69, 9.17) is 0 Å². The molecule has 3 heteroatoms. The van der Waals surface area contributed by atoms with Crippen molar-refractivity contribution in [1.82, 2.24) is 4.90 Å². The molecule has 1 saturated carbocycles. The molecule has 0 saturated heterocycles. The maximum Gasteiger partial charge on any atom is 0.253 e. The first kappa shape index (κ1) is 13.8. The predicted octanol–water partition coefficient (Wildman–Crippen LogP) is 4.00. The largest absolute Gasteiger partial charge is 0.339 e. The number of hydrogen-bond donors (Lipinski definition) is 0. The van der Waals surface area contributed by atoms with Gasteiger partial charge in [0.15, 0.2) is 0 Å². The Kier molecular flexibility index (Phi) is 4.65. The average Bonchev–Trinajstić information content (AvgIpc) is 2.41. The predicted molar refractivity (Wildman–Crippen MR) is 82.9 cm³/mol. The molecule has 2 rings (SSSR count). The van der Waals surface area contributed by atoms with Crippen LogP contribution in [0.4, 0.5) is 0 Å². The Balaban J connectivity index is 2.11. The molecule has 1 fully saturated rings. The number of carbonyl (C=O) groups is 1. The minimum absolute atomic E-state index is 0.166. The second-order valence-corrected chi connectivity index (χ2v) is 6.33. The fourth-order valence-electron chi connectivity index (χ4n) is 2.56. The fourth-order valence-corrected chi connectivity index (χ4v) is 3.08. The Bertz CT molecular complexity index is 438. The molecule has 1 aromatic rings. The molecule has 0 aromatic heterocycles. The van der Waals surface area contributed by atoms with Gasteiger partial charge in [0.05, 0.1) is 0 Å². The highest BCUT2D eigenvalue weighted by Gasteiger charge is 2.23. The Hall–Kier alpha value is -0.580. The van der Waals surface area contributed by atoms with E-state index in [2.05, 4.69) is 29.5 Å². The van der Waals surface area contributed by atoms with E-state index >= 15 is 0 Å². The normalized spacial score (nSPS) is 16.6. The molecule has 1 aliphatic carbocycles. The number of nitrogens with zero attached hydrogens (tertiary/aromatic N) is 1. The molecule has 2 nitrogen and oxygen atoms in total. The third kappa shape index (κ3) is 3.05. The van der Waals surface area contributed by atoms with E-state index in [1.54, 1.807) is 0 Å². The Morgan fingerprint density at radius 3 is 2.56 bits per heavy atom. The summed E-state index contributed by atoms with van der Waals surface area (Å²) in [6.07, 6.45) is 6.15. The summed E-state index contributed by atoms with van der Waals surface area (Å²) in [4.78, 5) is 14.4. The van der Waals surface area contributed by atoms with Crippen molar-refractivity contribution in [2.24, 2.45) is 0 Å². The van der Waals surface area contributed by atoms with Crippen LogP contribution in [0.2, 0.25) is 0 Å². The lowest BCUT2D eigenvalue weighted by molar-refractivity contribution is 0.0696. The maximum atomic E-state index is 12.4. The van der Waals surface area contributed by atoms with E-state index in [1.807, 2.05) is 30.1 Å². The topological polar surface area (TPSA) is 20.3 Å². The van der Waals surface area contributed by atoms with Crippen LogP contribution in [-0.4, -0.2) is 23.9 Å². The molecule has 0 bridgehead atoms. The first-order valence-corrected chi connectivity index (χ1v) is 7.71. The number of hydrogen-bond acceptors (Lipinski definition) is 1. The van der Waals surface area contributed by atoms with Crippen molar-refractivity contribution in [1.29, 1.82) is 0 Å². The molecule has 1 aliphatic rings. The van der Waals surface area contributed by atoms with Crippen molar-refractivity contribution in [2.45, 2.75) is 45.1 Å². The fraction of sp³-hybridized carbons (Fsp3) is 0.533. The summed E-state index contributed by atoms with van der Waals surface area (Å²) in [5, 5.41) is 0. The second-order valence-electron chi connectivity index (χ2n) is 5.17. The van der Waals surface area contributed by atoms with Crippen LogP contribution in [0.25, 0.3) is 0 Å². The van der Waals surface area contributed by atoms with Crippen LogP contribution in [0.1, 0.15) is 48.0 Å². The molecule has 0 aliphatic heterocycles. The van der Waals surface area contributed by atoms with Crippen molar-refractivity contribution in [3.63, 3.8) is 0 Å². The van der Waals surface area contributed by atoms with Crippen LogP contribution < -0.4 is 0 Å². The molecule has 1 amide bonds. The first-order chi connectivity index (χ1) is 8.59. The van der Waals surface area contributed by atoms with Gasteiger partial charge < -0.3 is 4.90 Å². The highest BCUT2D eigenvalue weighted by Crippen LogP contribution is 2.23. The molecular weight excluding hydrogens is 337 g/mol. The Morgan fingerprint density at radius 1 is 1.28 bits per heavy atom. The summed E-state index contributed by atoms with van der Waals surface area (Å²) in [6.45, 7) is 2.07. The van der Waals surface area contributed by atoms with Crippen molar-refractivity contribution in [2.75, 3.05) is 7.05 Å². The highest BCUT2D eigenvalue weighted by atomic mass is 127. The minimum atomic E-state index is 0.166. The van der Waals surface area contributed by atoms with Crippen molar-refractivity contribution >= 4 is 28.5 Å². The molecule has 18 heavy (non-hydrogen) atoms. The van der Waals surface area contributed by atoms with E-state index in [0.717, 1.165) is 22.0 Å². The average molecular weight is 357 g/mol. The quantitative estimate of drug-likeness (QED) is 0.733. The number of carbonyl (C=O) groups excluding carboxylic acids is 1. The smallest absolute Gasteiger partial charge is 0.253 e. The molecule has 0 unspecified atom stereocenters. The Morgan fingerprint density at radius 2 is 1.94 bits per heavy atom. The maximum absolute atomic E-state index is 12.4. The van der Waals surface area contributed by atoms with E-state index in [-0.39, 0.29) is 5.91 Å². The summed E-state index contributed by atoms with van der Waals surface area (Å²) in [5.74, 6) is 0.166. The third-order valence-electron chi connectivity index (χ3n) is 3.86. The van der Waals surface area contributed by atoms with Crippen LogP contribution in [0.15, 0.2) is 18.2 Å². The van der Waals surface area contributed by atoms with Gasteiger partial charge in [-0.25, -0.2) is 0 Å². The van der Waals surface area contributed by atoms with Gasteiger partial charge in [0.25, 0.3) is 5.91 Å². The molecular formula is C15H20INO. The van der Waals surface area contributed by atoms with Gasteiger partial charge in [-0.1, -0.05) is 25.3 Å². The molecule has 1 aromatic carbocycles.